The van der Waals surface area contributed by atoms with Gasteiger partial charge in [-0.05, 0) is 58.1 Å². The number of aryl methyl sites for hydroxylation is 1. The van der Waals surface area contributed by atoms with Crippen molar-refractivity contribution in [3.8, 4) is 11.5 Å². The highest BCUT2D eigenvalue weighted by Crippen LogP contribution is 2.38. The minimum atomic E-state index is -0.375. The molecule has 8 nitrogen and oxygen atoms in total. The zero-order valence-electron chi connectivity index (χ0n) is 20.6. The van der Waals surface area contributed by atoms with Crippen molar-refractivity contribution >= 4 is 23.2 Å². The van der Waals surface area contributed by atoms with Crippen LogP contribution >= 0.6 is 11.6 Å². The van der Waals surface area contributed by atoms with E-state index in [9.17, 15) is 9.59 Å². The number of rotatable bonds is 9. The Balaban J connectivity index is 1.63. The number of anilines is 1. The summed E-state index contributed by atoms with van der Waals surface area (Å²) < 4.78 is 17.1. The molecule has 0 bridgehead atoms. The van der Waals surface area contributed by atoms with Gasteiger partial charge in [-0.15, -0.1) is 0 Å². The smallest absolute Gasteiger partial charge is 0.256 e. The molecule has 1 saturated carbocycles. The summed E-state index contributed by atoms with van der Waals surface area (Å²) >= 11 is 6.86. The Bertz CT molecular complexity index is 1110. The number of nitrogens with one attached hydrogen (secondary N) is 2. The summed E-state index contributed by atoms with van der Waals surface area (Å²) in [7, 11) is 1.50. The Morgan fingerprint density at radius 2 is 1.97 bits per heavy atom. The average Bonchev–Trinajstić information content (AvgIpc) is 2.82. The van der Waals surface area contributed by atoms with E-state index < -0.39 is 0 Å². The summed E-state index contributed by atoms with van der Waals surface area (Å²) in [5, 5.41) is 3.22. The van der Waals surface area contributed by atoms with E-state index in [1.807, 2.05) is 6.07 Å². The summed E-state index contributed by atoms with van der Waals surface area (Å²) in [6.07, 6.45) is 5.12. The highest BCUT2D eigenvalue weighted by atomic mass is 35.5. The van der Waals surface area contributed by atoms with Gasteiger partial charge in [-0.25, -0.2) is 0 Å². The van der Waals surface area contributed by atoms with Crippen molar-refractivity contribution in [1.82, 2.24) is 10.3 Å². The summed E-state index contributed by atoms with van der Waals surface area (Å²) in [4.78, 5) is 30.8. The number of carbonyl (C=O) groups excluding carboxylic acids is 1. The summed E-state index contributed by atoms with van der Waals surface area (Å²) in [6, 6.07) is 5.66. The maximum absolute atomic E-state index is 13.3. The van der Waals surface area contributed by atoms with Gasteiger partial charge in [0.05, 0.1) is 41.6 Å². The molecule has 0 unspecified atom stereocenters. The molecule has 2 aromatic rings. The number of halogens is 1. The Hall–Kier alpha value is -2.71. The number of aromatic nitrogens is 1. The van der Waals surface area contributed by atoms with Crippen LogP contribution in [0.5, 0.6) is 11.5 Å². The molecule has 0 atom stereocenters. The molecule has 2 aliphatic rings. The molecule has 190 valence electrons. The number of benzene rings is 1. The monoisotopic (exact) mass is 503 g/mol. The third-order valence-corrected chi connectivity index (χ3v) is 7.18. The Labute approximate surface area is 210 Å². The molecule has 1 aromatic carbocycles. The first-order valence-electron chi connectivity index (χ1n) is 12.3. The topological polar surface area (TPSA) is 92.9 Å². The largest absolute Gasteiger partial charge is 0.496 e. The molecule has 2 fully saturated rings. The first kappa shape index (κ1) is 25.4. The van der Waals surface area contributed by atoms with E-state index in [-0.39, 0.29) is 30.2 Å². The van der Waals surface area contributed by atoms with Gasteiger partial charge in [-0.1, -0.05) is 11.6 Å². The minimum absolute atomic E-state index is 0.00838. The van der Waals surface area contributed by atoms with Gasteiger partial charge in [-0.3, -0.25) is 9.59 Å². The van der Waals surface area contributed by atoms with E-state index in [2.05, 4.69) is 22.1 Å². The molecule has 1 amide bonds. The van der Waals surface area contributed by atoms with Crippen LogP contribution in [0, 0.1) is 6.92 Å². The predicted molar refractivity (Wildman–Crippen MR) is 136 cm³/mol. The van der Waals surface area contributed by atoms with Gasteiger partial charge in [0.2, 0.25) is 0 Å². The first-order valence-corrected chi connectivity index (χ1v) is 12.7. The van der Waals surface area contributed by atoms with Crippen LogP contribution in [0.4, 0.5) is 5.69 Å². The lowest BCUT2D eigenvalue weighted by molar-refractivity contribution is 0.0845. The SMILES string of the molecule is CCN(c1cc(OC2CCC2)cc(C(=O)NCc2c(OC)cc(C)[nH]c2=O)c1Cl)C1CCOCC1. The van der Waals surface area contributed by atoms with Crippen LogP contribution in [-0.2, 0) is 11.3 Å². The van der Waals surface area contributed by atoms with Gasteiger partial charge in [0.1, 0.15) is 11.5 Å². The molecule has 1 aromatic heterocycles. The molecular weight excluding hydrogens is 470 g/mol. The fourth-order valence-electron chi connectivity index (χ4n) is 4.63. The Kier molecular flexibility index (Phi) is 8.23. The van der Waals surface area contributed by atoms with Gasteiger partial charge >= 0.3 is 0 Å². The molecule has 0 radical (unpaired) electrons. The zero-order chi connectivity index (χ0) is 24.9. The number of aromatic amines is 1. The molecule has 0 spiro atoms. The quantitative estimate of drug-likeness (QED) is 0.532. The normalized spacial score (nSPS) is 16.5. The second-order valence-electron chi connectivity index (χ2n) is 9.12. The van der Waals surface area contributed by atoms with Gasteiger partial charge < -0.3 is 29.4 Å². The fourth-order valence-corrected chi connectivity index (χ4v) is 4.93. The Morgan fingerprint density at radius 1 is 1.23 bits per heavy atom. The number of amides is 1. The first-order chi connectivity index (χ1) is 16.9. The summed E-state index contributed by atoms with van der Waals surface area (Å²) in [5.41, 5.74) is 1.85. The molecule has 9 heteroatoms. The van der Waals surface area contributed by atoms with E-state index >= 15 is 0 Å². The van der Waals surface area contributed by atoms with Crippen LogP contribution in [0.25, 0.3) is 0 Å². The molecule has 2 N–H and O–H groups in total. The average molecular weight is 504 g/mol. The lowest BCUT2D eigenvalue weighted by Gasteiger charge is -2.36. The molecule has 1 saturated heterocycles. The van der Waals surface area contributed by atoms with Crippen molar-refractivity contribution in [1.29, 1.82) is 0 Å². The number of hydrogen-bond donors (Lipinski definition) is 2. The molecule has 1 aliphatic heterocycles. The summed E-state index contributed by atoms with van der Waals surface area (Å²) in [5.74, 6) is 0.688. The van der Waals surface area contributed by atoms with Crippen LogP contribution in [0.3, 0.4) is 0 Å². The maximum atomic E-state index is 13.3. The van der Waals surface area contributed by atoms with Crippen molar-refractivity contribution in [2.75, 3.05) is 31.8 Å². The number of ether oxygens (including phenoxy) is 3. The van der Waals surface area contributed by atoms with Crippen molar-refractivity contribution < 1.29 is 19.0 Å². The van der Waals surface area contributed by atoms with Gasteiger partial charge in [0, 0.05) is 37.6 Å². The maximum Gasteiger partial charge on any atom is 0.256 e. The highest BCUT2D eigenvalue weighted by molar-refractivity contribution is 6.36. The van der Waals surface area contributed by atoms with Crippen molar-refractivity contribution in [3.63, 3.8) is 0 Å². The van der Waals surface area contributed by atoms with E-state index in [4.69, 9.17) is 25.8 Å². The molecular formula is C26H34ClN3O5. The van der Waals surface area contributed by atoms with E-state index in [0.29, 0.717) is 46.6 Å². The zero-order valence-corrected chi connectivity index (χ0v) is 21.4. The second-order valence-corrected chi connectivity index (χ2v) is 9.49. The molecule has 1 aliphatic carbocycles. The Morgan fingerprint density at radius 3 is 2.60 bits per heavy atom. The van der Waals surface area contributed by atoms with Crippen LogP contribution in [0.2, 0.25) is 5.02 Å². The minimum Gasteiger partial charge on any atom is -0.496 e. The lowest BCUT2D eigenvalue weighted by atomic mass is 9.96. The van der Waals surface area contributed by atoms with Gasteiger partial charge in [-0.2, -0.15) is 0 Å². The summed E-state index contributed by atoms with van der Waals surface area (Å²) in [6.45, 7) is 6.03. The second kappa shape index (κ2) is 11.4. The van der Waals surface area contributed by atoms with Crippen LogP contribution in [0.1, 0.15) is 60.6 Å². The molecule has 4 rings (SSSR count). The predicted octanol–water partition coefficient (Wildman–Crippen LogP) is 4.21. The van der Waals surface area contributed by atoms with E-state index in [1.165, 1.54) is 7.11 Å². The van der Waals surface area contributed by atoms with E-state index in [1.54, 1.807) is 19.1 Å². The fraction of sp³-hybridized carbons (Fsp3) is 0.538. The van der Waals surface area contributed by atoms with Crippen molar-refractivity contribution in [2.45, 2.75) is 64.6 Å². The number of nitrogens with zero attached hydrogens (tertiary/aromatic N) is 1. The molecule has 35 heavy (non-hydrogen) atoms. The molecule has 2 heterocycles. The van der Waals surface area contributed by atoms with Crippen LogP contribution < -0.4 is 25.2 Å². The number of H-pyrrole nitrogens is 1. The van der Waals surface area contributed by atoms with E-state index in [0.717, 1.165) is 44.3 Å². The third kappa shape index (κ3) is 5.76. The highest BCUT2D eigenvalue weighted by Gasteiger charge is 2.27. The number of methoxy groups -OCH3 is 1. The van der Waals surface area contributed by atoms with Crippen molar-refractivity contribution in [3.05, 3.63) is 50.4 Å². The van der Waals surface area contributed by atoms with Crippen molar-refractivity contribution in [2.24, 2.45) is 0 Å². The van der Waals surface area contributed by atoms with Crippen LogP contribution in [0.15, 0.2) is 23.0 Å². The van der Waals surface area contributed by atoms with Gasteiger partial charge in [0.25, 0.3) is 11.5 Å². The number of carbonyl (C=O) groups is 1. The van der Waals surface area contributed by atoms with Crippen LogP contribution in [-0.4, -0.2) is 49.9 Å². The standard InChI is InChI=1S/C26H34ClN3O5/c1-4-30(17-8-10-34-11-9-17)22-14-19(35-18-6-5-7-18)13-20(24(22)27)25(31)28-15-21-23(33-3)12-16(2)29-26(21)32/h12-14,17-18H,4-11,15H2,1-3H3,(H,28,31)(H,29,32). The third-order valence-electron chi connectivity index (χ3n) is 6.78. The lowest BCUT2D eigenvalue weighted by Crippen LogP contribution is -2.40. The van der Waals surface area contributed by atoms with Gasteiger partial charge in [0.15, 0.2) is 0 Å². The number of hydrogen-bond acceptors (Lipinski definition) is 6. The number of pyridine rings is 1.